The van der Waals surface area contributed by atoms with E-state index in [1.165, 1.54) is 5.56 Å². The quantitative estimate of drug-likeness (QED) is 0.414. The van der Waals surface area contributed by atoms with E-state index in [2.05, 4.69) is 65.2 Å². The standard InChI is InChI=1S/C25H27N5/c1-4-6-22-28-23-18(3)11-13-27-25(23)30(22)17-19-7-9-20(10-8-19)24-21(16-26)12-15-29(24)14-5-2/h7-13,15H,4-6,14,17H2,1-3H3. The van der Waals surface area contributed by atoms with Gasteiger partial charge in [-0.15, -0.1) is 0 Å². The smallest absolute Gasteiger partial charge is 0.160 e. The van der Waals surface area contributed by atoms with Crippen LogP contribution in [0.5, 0.6) is 0 Å². The van der Waals surface area contributed by atoms with Crippen molar-refractivity contribution < 1.29 is 0 Å². The number of benzene rings is 1. The maximum absolute atomic E-state index is 9.51. The highest BCUT2D eigenvalue weighted by molar-refractivity contribution is 5.75. The van der Waals surface area contributed by atoms with Crippen LogP contribution in [-0.4, -0.2) is 19.1 Å². The van der Waals surface area contributed by atoms with Crippen LogP contribution >= 0.6 is 0 Å². The van der Waals surface area contributed by atoms with Crippen molar-refractivity contribution in [2.24, 2.45) is 0 Å². The van der Waals surface area contributed by atoms with E-state index in [9.17, 15) is 5.26 Å². The van der Waals surface area contributed by atoms with Crippen LogP contribution in [0.1, 0.15) is 49.2 Å². The second kappa shape index (κ2) is 8.54. The predicted molar refractivity (Wildman–Crippen MR) is 120 cm³/mol. The van der Waals surface area contributed by atoms with Crippen LogP contribution in [0.25, 0.3) is 22.4 Å². The summed E-state index contributed by atoms with van der Waals surface area (Å²) >= 11 is 0. The van der Waals surface area contributed by atoms with Crippen molar-refractivity contribution in [3.8, 4) is 17.3 Å². The van der Waals surface area contributed by atoms with Gasteiger partial charge in [-0.2, -0.15) is 5.26 Å². The molecule has 0 aliphatic heterocycles. The number of hydrogen-bond acceptors (Lipinski definition) is 3. The number of imidazole rings is 1. The molecule has 3 heterocycles. The number of nitrogens with zero attached hydrogens (tertiary/aromatic N) is 5. The Morgan fingerprint density at radius 1 is 1.03 bits per heavy atom. The Bertz CT molecular complexity index is 1210. The molecule has 1 aromatic carbocycles. The molecule has 0 saturated heterocycles. The van der Waals surface area contributed by atoms with Gasteiger partial charge in [-0.3, -0.25) is 0 Å². The zero-order valence-electron chi connectivity index (χ0n) is 17.9. The van der Waals surface area contributed by atoms with Crippen LogP contribution in [0.4, 0.5) is 0 Å². The lowest BCUT2D eigenvalue weighted by molar-refractivity contribution is 0.689. The number of aromatic nitrogens is 4. The van der Waals surface area contributed by atoms with Gasteiger partial charge in [0.15, 0.2) is 5.65 Å². The predicted octanol–water partition coefficient (Wildman–Crippen LogP) is 5.49. The average molecular weight is 398 g/mol. The zero-order valence-corrected chi connectivity index (χ0v) is 17.9. The van der Waals surface area contributed by atoms with E-state index in [-0.39, 0.29) is 0 Å². The highest BCUT2D eigenvalue weighted by Crippen LogP contribution is 2.26. The molecule has 4 rings (SSSR count). The van der Waals surface area contributed by atoms with Crippen molar-refractivity contribution in [3.63, 3.8) is 0 Å². The summed E-state index contributed by atoms with van der Waals surface area (Å²) in [6.45, 7) is 8.06. The topological polar surface area (TPSA) is 59.4 Å². The van der Waals surface area contributed by atoms with Crippen LogP contribution in [0.2, 0.25) is 0 Å². The Balaban J connectivity index is 1.69. The molecule has 5 nitrogen and oxygen atoms in total. The Morgan fingerprint density at radius 3 is 2.53 bits per heavy atom. The average Bonchev–Trinajstić information content (AvgIpc) is 3.32. The summed E-state index contributed by atoms with van der Waals surface area (Å²) in [6, 6.07) is 14.8. The normalized spacial score (nSPS) is 11.1. The number of aryl methyl sites for hydroxylation is 3. The zero-order chi connectivity index (χ0) is 21.1. The summed E-state index contributed by atoms with van der Waals surface area (Å²) in [5.41, 5.74) is 7.11. The third-order valence-corrected chi connectivity index (χ3v) is 5.50. The first-order valence-electron chi connectivity index (χ1n) is 10.7. The summed E-state index contributed by atoms with van der Waals surface area (Å²) in [6.07, 6.45) is 6.88. The summed E-state index contributed by atoms with van der Waals surface area (Å²) < 4.78 is 4.41. The second-order valence-corrected chi connectivity index (χ2v) is 7.74. The number of fused-ring (bicyclic) bond motifs is 1. The molecule has 0 radical (unpaired) electrons. The van der Waals surface area contributed by atoms with Crippen LogP contribution < -0.4 is 0 Å². The molecule has 30 heavy (non-hydrogen) atoms. The highest BCUT2D eigenvalue weighted by Gasteiger charge is 2.14. The molecule has 0 unspecified atom stereocenters. The highest BCUT2D eigenvalue weighted by atomic mass is 15.1. The van der Waals surface area contributed by atoms with E-state index >= 15 is 0 Å². The summed E-state index contributed by atoms with van der Waals surface area (Å²) in [5, 5.41) is 9.51. The molecule has 0 atom stereocenters. The van der Waals surface area contributed by atoms with Crippen molar-refractivity contribution in [2.75, 3.05) is 0 Å². The van der Waals surface area contributed by atoms with Crippen LogP contribution in [0.15, 0.2) is 48.8 Å². The van der Waals surface area contributed by atoms with E-state index in [1.807, 2.05) is 24.5 Å². The third kappa shape index (κ3) is 3.61. The number of hydrogen-bond donors (Lipinski definition) is 0. The van der Waals surface area contributed by atoms with Crippen LogP contribution in [0, 0.1) is 18.3 Å². The Hall–Kier alpha value is -3.39. The van der Waals surface area contributed by atoms with Gasteiger partial charge in [0, 0.05) is 25.4 Å². The van der Waals surface area contributed by atoms with E-state index in [0.29, 0.717) is 0 Å². The van der Waals surface area contributed by atoms with Crippen molar-refractivity contribution in [3.05, 3.63) is 71.3 Å². The molecule has 0 amide bonds. The van der Waals surface area contributed by atoms with E-state index in [0.717, 1.165) is 71.7 Å². The van der Waals surface area contributed by atoms with Crippen molar-refractivity contribution >= 4 is 11.2 Å². The summed E-state index contributed by atoms with van der Waals surface area (Å²) in [4.78, 5) is 9.49. The molecule has 5 heteroatoms. The van der Waals surface area contributed by atoms with Gasteiger partial charge in [-0.05, 0) is 48.6 Å². The first-order valence-corrected chi connectivity index (χ1v) is 10.7. The van der Waals surface area contributed by atoms with Gasteiger partial charge in [-0.1, -0.05) is 38.1 Å². The monoisotopic (exact) mass is 397 g/mol. The van der Waals surface area contributed by atoms with Gasteiger partial charge in [0.2, 0.25) is 0 Å². The fraction of sp³-hybridized carbons (Fsp3) is 0.320. The van der Waals surface area contributed by atoms with E-state index in [4.69, 9.17) is 4.98 Å². The van der Waals surface area contributed by atoms with E-state index in [1.54, 1.807) is 0 Å². The Labute approximate surface area is 177 Å². The molecular weight excluding hydrogens is 370 g/mol. The molecule has 0 fully saturated rings. The lowest BCUT2D eigenvalue weighted by Gasteiger charge is -2.11. The first kappa shape index (κ1) is 19.9. The lowest BCUT2D eigenvalue weighted by Crippen LogP contribution is -2.06. The molecule has 0 aliphatic carbocycles. The van der Waals surface area contributed by atoms with Gasteiger partial charge >= 0.3 is 0 Å². The molecule has 0 aliphatic rings. The minimum absolute atomic E-state index is 0.724. The van der Waals surface area contributed by atoms with Crippen LogP contribution in [0.3, 0.4) is 0 Å². The molecule has 0 N–H and O–H groups in total. The van der Waals surface area contributed by atoms with Crippen molar-refractivity contribution in [1.82, 2.24) is 19.1 Å². The van der Waals surface area contributed by atoms with Crippen molar-refractivity contribution in [2.45, 2.75) is 53.1 Å². The van der Waals surface area contributed by atoms with Gasteiger partial charge in [0.25, 0.3) is 0 Å². The largest absolute Gasteiger partial charge is 0.346 e. The van der Waals surface area contributed by atoms with Crippen molar-refractivity contribution in [1.29, 1.82) is 5.26 Å². The maximum atomic E-state index is 9.51. The first-order chi connectivity index (χ1) is 14.7. The number of rotatable bonds is 7. The fourth-order valence-electron chi connectivity index (χ4n) is 4.03. The van der Waals surface area contributed by atoms with Gasteiger partial charge in [0.05, 0.1) is 17.8 Å². The molecule has 4 aromatic rings. The molecule has 0 spiro atoms. The maximum Gasteiger partial charge on any atom is 0.160 e. The lowest BCUT2D eigenvalue weighted by atomic mass is 10.1. The minimum Gasteiger partial charge on any atom is -0.346 e. The molecule has 3 aromatic heterocycles. The van der Waals surface area contributed by atoms with Gasteiger partial charge < -0.3 is 9.13 Å². The summed E-state index contributed by atoms with van der Waals surface area (Å²) in [5.74, 6) is 1.09. The number of pyridine rings is 1. The summed E-state index contributed by atoms with van der Waals surface area (Å²) in [7, 11) is 0. The molecular formula is C25H27N5. The van der Waals surface area contributed by atoms with E-state index < -0.39 is 0 Å². The second-order valence-electron chi connectivity index (χ2n) is 7.74. The number of nitriles is 1. The Kier molecular flexibility index (Phi) is 5.67. The van der Waals surface area contributed by atoms with Gasteiger partial charge in [-0.25, -0.2) is 9.97 Å². The molecule has 0 saturated carbocycles. The molecule has 0 bridgehead atoms. The Morgan fingerprint density at radius 2 is 1.83 bits per heavy atom. The SMILES string of the molecule is CCCc1nc2c(C)ccnc2n1Cc1ccc(-c2c(C#N)ccn2CCC)cc1. The van der Waals surface area contributed by atoms with Crippen LogP contribution in [-0.2, 0) is 19.5 Å². The van der Waals surface area contributed by atoms with Gasteiger partial charge in [0.1, 0.15) is 17.4 Å². The third-order valence-electron chi connectivity index (χ3n) is 5.50. The fourth-order valence-corrected chi connectivity index (χ4v) is 4.03. The molecule has 152 valence electrons. The minimum atomic E-state index is 0.724.